The van der Waals surface area contributed by atoms with Crippen molar-refractivity contribution in [2.24, 2.45) is 0 Å². The summed E-state index contributed by atoms with van der Waals surface area (Å²) in [5.74, 6) is 1.29. The Labute approximate surface area is 127 Å². The maximum absolute atomic E-state index is 5.73. The summed E-state index contributed by atoms with van der Waals surface area (Å²) < 4.78 is 6.76. The minimum Gasteiger partial charge on any atom is -0.437 e. The Morgan fingerprint density at radius 2 is 2.05 bits per heavy atom. The third-order valence-corrected chi connectivity index (χ3v) is 3.22. The quantitative estimate of drug-likeness (QED) is 0.901. The first-order chi connectivity index (χ1) is 9.54. The van der Waals surface area contributed by atoms with Crippen molar-refractivity contribution < 1.29 is 4.74 Å². The summed E-state index contributed by atoms with van der Waals surface area (Å²) in [6.07, 6.45) is 3.39. The average Bonchev–Trinajstić information content (AvgIpc) is 2.41. The molecule has 0 fully saturated rings. The maximum atomic E-state index is 5.73. The Morgan fingerprint density at radius 1 is 1.25 bits per heavy atom. The highest BCUT2D eigenvalue weighted by Crippen LogP contribution is 2.25. The molecule has 0 spiro atoms. The van der Waals surface area contributed by atoms with E-state index in [0.717, 1.165) is 21.5 Å². The first kappa shape index (κ1) is 14.9. The largest absolute Gasteiger partial charge is 0.437 e. The van der Waals surface area contributed by atoms with Crippen LogP contribution in [-0.2, 0) is 6.54 Å². The van der Waals surface area contributed by atoms with Crippen molar-refractivity contribution in [2.45, 2.75) is 33.4 Å². The molecule has 0 aliphatic rings. The van der Waals surface area contributed by atoms with Gasteiger partial charge in [0.1, 0.15) is 5.75 Å². The second-order valence-corrected chi connectivity index (χ2v) is 5.81. The van der Waals surface area contributed by atoms with Gasteiger partial charge >= 0.3 is 0 Å². The fourth-order valence-electron chi connectivity index (χ4n) is 1.64. The van der Waals surface area contributed by atoms with Gasteiger partial charge in [-0.15, -0.1) is 0 Å². The van der Waals surface area contributed by atoms with Crippen LogP contribution in [0.1, 0.15) is 25.1 Å². The molecule has 0 aliphatic carbocycles. The van der Waals surface area contributed by atoms with Gasteiger partial charge in [0.15, 0.2) is 0 Å². The molecule has 0 atom stereocenters. The van der Waals surface area contributed by atoms with Crippen LogP contribution in [-0.4, -0.2) is 16.0 Å². The van der Waals surface area contributed by atoms with Crippen LogP contribution in [0.3, 0.4) is 0 Å². The Hall–Kier alpha value is -1.46. The summed E-state index contributed by atoms with van der Waals surface area (Å²) in [5.41, 5.74) is 1.95. The van der Waals surface area contributed by atoms with Gasteiger partial charge in [-0.1, -0.05) is 29.8 Å². The van der Waals surface area contributed by atoms with Gasteiger partial charge in [-0.3, -0.25) is 4.98 Å². The summed E-state index contributed by atoms with van der Waals surface area (Å²) in [6.45, 7) is 6.90. The lowest BCUT2D eigenvalue weighted by Crippen LogP contribution is -2.22. The zero-order valence-corrected chi connectivity index (χ0v) is 13.4. The lowest BCUT2D eigenvalue weighted by atomic mass is 10.2. The van der Waals surface area contributed by atoms with Crippen molar-refractivity contribution in [1.29, 1.82) is 0 Å². The molecule has 0 saturated heterocycles. The second kappa shape index (κ2) is 6.81. The Bertz CT molecular complexity index is 570. The van der Waals surface area contributed by atoms with Gasteiger partial charge in [0, 0.05) is 17.1 Å². The molecule has 5 heteroatoms. The number of hydrogen-bond donors (Lipinski definition) is 1. The standard InChI is InChI=1S/C15H18BrN3O/c1-10(2)17-7-13-8-19-15(9-18-13)20-14-5-4-12(16)6-11(14)3/h4-6,8-10,17H,7H2,1-3H3. The third-order valence-electron chi connectivity index (χ3n) is 2.72. The van der Waals surface area contributed by atoms with Gasteiger partial charge in [0.2, 0.25) is 5.88 Å². The lowest BCUT2D eigenvalue weighted by Gasteiger charge is -2.09. The molecule has 1 heterocycles. The van der Waals surface area contributed by atoms with Crippen LogP contribution in [0.15, 0.2) is 35.1 Å². The van der Waals surface area contributed by atoms with Crippen molar-refractivity contribution in [2.75, 3.05) is 0 Å². The molecule has 4 nitrogen and oxygen atoms in total. The predicted molar refractivity (Wildman–Crippen MR) is 83.0 cm³/mol. The van der Waals surface area contributed by atoms with Crippen molar-refractivity contribution in [3.05, 3.63) is 46.3 Å². The Kier molecular flexibility index (Phi) is 5.09. The van der Waals surface area contributed by atoms with E-state index in [1.54, 1.807) is 12.4 Å². The molecule has 106 valence electrons. The maximum Gasteiger partial charge on any atom is 0.237 e. The number of halogens is 1. The number of aryl methyl sites for hydroxylation is 1. The average molecular weight is 336 g/mol. The zero-order valence-electron chi connectivity index (χ0n) is 11.9. The molecule has 20 heavy (non-hydrogen) atoms. The molecule has 2 rings (SSSR count). The molecule has 0 saturated carbocycles. The van der Waals surface area contributed by atoms with Crippen molar-refractivity contribution in [3.63, 3.8) is 0 Å². The van der Waals surface area contributed by atoms with Crippen LogP contribution in [0.2, 0.25) is 0 Å². The van der Waals surface area contributed by atoms with Crippen molar-refractivity contribution in [1.82, 2.24) is 15.3 Å². The van der Waals surface area contributed by atoms with Crippen LogP contribution >= 0.6 is 15.9 Å². The van der Waals surface area contributed by atoms with Crippen LogP contribution in [0.5, 0.6) is 11.6 Å². The van der Waals surface area contributed by atoms with Gasteiger partial charge in [-0.25, -0.2) is 4.98 Å². The van der Waals surface area contributed by atoms with E-state index < -0.39 is 0 Å². The van der Waals surface area contributed by atoms with Crippen molar-refractivity contribution in [3.8, 4) is 11.6 Å². The van der Waals surface area contributed by atoms with E-state index in [9.17, 15) is 0 Å². The van der Waals surface area contributed by atoms with Crippen LogP contribution < -0.4 is 10.1 Å². The van der Waals surface area contributed by atoms with Crippen LogP contribution in [0.4, 0.5) is 0 Å². The lowest BCUT2D eigenvalue weighted by molar-refractivity contribution is 0.455. The fraction of sp³-hybridized carbons (Fsp3) is 0.333. The molecule has 0 bridgehead atoms. The van der Waals surface area contributed by atoms with Gasteiger partial charge in [0.25, 0.3) is 0 Å². The Balaban J connectivity index is 2.03. The van der Waals surface area contributed by atoms with E-state index in [1.807, 2.05) is 25.1 Å². The van der Waals surface area contributed by atoms with E-state index in [2.05, 4.69) is 45.1 Å². The molecule has 1 N–H and O–H groups in total. The molecule has 1 aromatic carbocycles. The number of nitrogens with zero attached hydrogens (tertiary/aromatic N) is 2. The first-order valence-corrected chi connectivity index (χ1v) is 7.32. The summed E-state index contributed by atoms with van der Waals surface area (Å²) >= 11 is 3.43. The minimum absolute atomic E-state index is 0.429. The number of rotatable bonds is 5. The van der Waals surface area contributed by atoms with Gasteiger partial charge < -0.3 is 10.1 Å². The van der Waals surface area contributed by atoms with E-state index in [-0.39, 0.29) is 0 Å². The second-order valence-electron chi connectivity index (χ2n) is 4.89. The molecule has 0 unspecified atom stereocenters. The van der Waals surface area contributed by atoms with E-state index >= 15 is 0 Å². The summed E-state index contributed by atoms with van der Waals surface area (Å²) in [4.78, 5) is 8.61. The van der Waals surface area contributed by atoms with Gasteiger partial charge in [-0.05, 0) is 30.7 Å². The number of hydrogen-bond acceptors (Lipinski definition) is 4. The van der Waals surface area contributed by atoms with E-state index in [1.165, 1.54) is 0 Å². The summed E-state index contributed by atoms with van der Waals surface area (Å²) in [7, 11) is 0. The highest BCUT2D eigenvalue weighted by Gasteiger charge is 2.04. The Morgan fingerprint density at radius 3 is 2.65 bits per heavy atom. The van der Waals surface area contributed by atoms with E-state index in [0.29, 0.717) is 18.5 Å². The number of nitrogens with one attached hydrogen (secondary N) is 1. The smallest absolute Gasteiger partial charge is 0.237 e. The SMILES string of the molecule is Cc1cc(Br)ccc1Oc1cnc(CNC(C)C)cn1. The number of aromatic nitrogens is 2. The number of ether oxygens (including phenoxy) is 1. The molecule has 1 aromatic heterocycles. The molecular formula is C15H18BrN3O. The molecule has 2 aromatic rings. The zero-order chi connectivity index (χ0) is 14.5. The summed E-state index contributed by atoms with van der Waals surface area (Å²) in [5, 5.41) is 3.30. The van der Waals surface area contributed by atoms with Crippen LogP contribution in [0, 0.1) is 6.92 Å². The topological polar surface area (TPSA) is 47.0 Å². The van der Waals surface area contributed by atoms with Gasteiger partial charge in [-0.2, -0.15) is 0 Å². The molecule has 0 amide bonds. The predicted octanol–water partition coefficient (Wildman–Crippen LogP) is 3.84. The number of benzene rings is 1. The minimum atomic E-state index is 0.429. The van der Waals surface area contributed by atoms with Crippen LogP contribution in [0.25, 0.3) is 0 Å². The normalized spacial score (nSPS) is 10.8. The highest BCUT2D eigenvalue weighted by atomic mass is 79.9. The summed E-state index contributed by atoms with van der Waals surface area (Å²) in [6, 6.07) is 6.29. The fourth-order valence-corrected chi connectivity index (χ4v) is 2.11. The van der Waals surface area contributed by atoms with Gasteiger partial charge in [0.05, 0.1) is 18.1 Å². The third kappa shape index (κ3) is 4.28. The first-order valence-electron chi connectivity index (χ1n) is 6.53. The molecule has 0 aliphatic heterocycles. The monoisotopic (exact) mass is 335 g/mol. The van der Waals surface area contributed by atoms with E-state index in [4.69, 9.17) is 4.74 Å². The van der Waals surface area contributed by atoms with Crippen molar-refractivity contribution >= 4 is 15.9 Å². The molecule has 0 radical (unpaired) electrons. The molecular weight excluding hydrogens is 318 g/mol. The highest BCUT2D eigenvalue weighted by molar-refractivity contribution is 9.10.